The van der Waals surface area contributed by atoms with Gasteiger partial charge >= 0.3 is 0 Å². The molecule has 0 radical (unpaired) electrons. The lowest BCUT2D eigenvalue weighted by Crippen LogP contribution is -2.36. The summed E-state index contributed by atoms with van der Waals surface area (Å²) in [6.07, 6.45) is 3.99. The van der Waals surface area contributed by atoms with Crippen molar-refractivity contribution in [1.29, 1.82) is 0 Å². The second-order valence-electron chi connectivity index (χ2n) is 5.20. The topological polar surface area (TPSA) is 55.1 Å². The van der Waals surface area contributed by atoms with Crippen LogP contribution in [0.2, 0.25) is 5.02 Å². The number of nitrogens with two attached hydrogens (primary N) is 1. The third kappa shape index (κ3) is 3.95. The van der Waals surface area contributed by atoms with Crippen molar-refractivity contribution in [2.45, 2.75) is 25.7 Å². The second kappa shape index (κ2) is 6.92. The van der Waals surface area contributed by atoms with Crippen molar-refractivity contribution in [3.05, 3.63) is 34.9 Å². The molecule has 0 bridgehead atoms. The summed E-state index contributed by atoms with van der Waals surface area (Å²) in [5.74, 6) is 0.644. The fourth-order valence-electron chi connectivity index (χ4n) is 2.82. The number of hydrogen-bond donors (Lipinski definition) is 2. The van der Waals surface area contributed by atoms with E-state index < -0.39 is 0 Å². The highest BCUT2D eigenvalue weighted by atomic mass is 35.5. The predicted molar refractivity (Wildman–Crippen MR) is 78.1 cm³/mol. The van der Waals surface area contributed by atoms with Gasteiger partial charge in [-0.2, -0.15) is 0 Å². The number of amides is 1. The first-order valence-corrected chi connectivity index (χ1v) is 7.30. The van der Waals surface area contributed by atoms with E-state index in [2.05, 4.69) is 5.32 Å². The normalized spacial score (nSPS) is 22.4. The van der Waals surface area contributed by atoms with Gasteiger partial charge in [0.15, 0.2) is 0 Å². The number of hydrogen-bond acceptors (Lipinski definition) is 2. The Morgan fingerprint density at radius 2 is 2.26 bits per heavy atom. The summed E-state index contributed by atoms with van der Waals surface area (Å²) in [6, 6.07) is 7.75. The van der Waals surface area contributed by atoms with Crippen molar-refractivity contribution < 1.29 is 4.79 Å². The molecule has 104 valence electrons. The SMILES string of the molecule is NCC1CCCC1C(=O)NCCc1cccc(Cl)c1. The Morgan fingerprint density at radius 1 is 1.42 bits per heavy atom. The minimum absolute atomic E-state index is 0.115. The van der Waals surface area contributed by atoms with Gasteiger partial charge in [-0.25, -0.2) is 0 Å². The lowest BCUT2D eigenvalue weighted by molar-refractivity contribution is -0.125. The van der Waals surface area contributed by atoms with Gasteiger partial charge in [-0.05, 0) is 49.4 Å². The molecule has 0 aromatic heterocycles. The summed E-state index contributed by atoms with van der Waals surface area (Å²) in [6.45, 7) is 1.28. The van der Waals surface area contributed by atoms with E-state index >= 15 is 0 Å². The van der Waals surface area contributed by atoms with E-state index in [-0.39, 0.29) is 11.8 Å². The van der Waals surface area contributed by atoms with Crippen LogP contribution in [-0.2, 0) is 11.2 Å². The highest BCUT2D eigenvalue weighted by Gasteiger charge is 2.31. The molecule has 2 unspecified atom stereocenters. The Labute approximate surface area is 119 Å². The van der Waals surface area contributed by atoms with Gasteiger partial charge in [0, 0.05) is 17.5 Å². The number of rotatable bonds is 5. The van der Waals surface area contributed by atoms with Gasteiger partial charge in [0.1, 0.15) is 0 Å². The van der Waals surface area contributed by atoms with Crippen molar-refractivity contribution in [3.8, 4) is 0 Å². The minimum atomic E-state index is 0.115. The van der Waals surface area contributed by atoms with Gasteiger partial charge < -0.3 is 11.1 Å². The van der Waals surface area contributed by atoms with E-state index in [9.17, 15) is 4.79 Å². The van der Waals surface area contributed by atoms with Gasteiger partial charge in [0.2, 0.25) is 5.91 Å². The molecule has 3 N–H and O–H groups in total. The van der Waals surface area contributed by atoms with Gasteiger partial charge in [-0.1, -0.05) is 30.2 Å². The number of nitrogens with one attached hydrogen (secondary N) is 1. The summed E-state index contributed by atoms with van der Waals surface area (Å²) in [4.78, 5) is 12.1. The van der Waals surface area contributed by atoms with Crippen molar-refractivity contribution >= 4 is 17.5 Å². The van der Waals surface area contributed by atoms with Crippen LogP contribution in [0, 0.1) is 11.8 Å². The maximum Gasteiger partial charge on any atom is 0.223 e. The fraction of sp³-hybridized carbons (Fsp3) is 0.533. The van der Waals surface area contributed by atoms with E-state index in [0.29, 0.717) is 19.0 Å². The molecule has 3 nitrogen and oxygen atoms in total. The molecule has 1 aromatic carbocycles. The first-order valence-electron chi connectivity index (χ1n) is 6.93. The highest BCUT2D eigenvalue weighted by molar-refractivity contribution is 6.30. The summed E-state index contributed by atoms with van der Waals surface area (Å²) < 4.78 is 0. The van der Waals surface area contributed by atoms with Crippen LogP contribution in [-0.4, -0.2) is 19.0 Å². The molecule has 19 heavy (non-hydrogen) atoms. The second-order valence-corrected chi connectivity index (χ2v) is 5.64. The number of carbonyl (C=O) groups excluding carboxylic acids is 1. The first kappa shape index (κ1) is 14.4. The van der Waals surface area contributed by atoms with Crippen LogP contribution >= 0.6 is 11.6 Å². The van der Waals surface area contributed by atoms with Gasteiger partial charge in [-0.15, -0.1) is 0 Å². The molecule has 0 aliphatic heterocycles. The minimum Gasteiger partial charge on any atom is -0.356 e. The number of halogens is 1. The number of carbonyl (C=O) groups is 1. The van der Waals surface area contributed by atoms with Crippen LogP contribution in [0.25, 0.3) is 0 Å². The van der Waals surface area contributed by atoms with Crippen molar-refractivity contribution in [1.82, 2.24) is 5.32 Å². The third-order valence-corrected chi connectivity index (χ3v) is 4.14. The average Bonchev–Trinajstić information content (AvgIpc) is 2.87. The Hall–Kier alpha value is -1.06. The maximum absolute atomic E-state index is 12.1. The fourth-order valence-corrected chi connectivity index (χ4v) is 3.03. The summed E-state index contributed by atoms with van der Waals surface area (Å²) >= 11 is 5.93. The average molecular weight is 281 g/mol. The van der Waals surface area contributed by atoms with Crippen molar-refractivity contribution in [3.63, 3.8) is 0 Å². The molecule has 1 aliphatic carbocycles. The van der Waals surface area contributed by atoms with Crippen LogP contribution in [0.5, 0.6) is 0 Å². The molecule has 0 heterocycles. The zero-order valence-electron chi connectivity index (χ0n) is 11.1. The molecule has 1 fully saturated rings. The van der Waals surface area contributed by atoms with E-state index in [1.807, 2.05) is 24.3 Å². The molecule has 4 heteroatoms. The zero-order chi connectivity index (χ0) is 13.7. The van der Waals surface area contributed by atoms with Crippen LogP contribution < -0.4 is 11.1 Å². The largest absolute Gasteiger partial charge is 0.356 e. The van der Waals surface area contributed by atoms with Crippen LogP contribution in [0.3, 0.4) is 0 Å². The van der Waals surface area contributed by atoms with Crippen LogP contribution in [0.4, 0.5) is 0 Å². The molecule has 1 amide bonds. The summed E-state index contributed by atoms with van der Waals surface area (Å²) in [7, 11) is 0. The van der Waals surface area contributed by atoms with Gasteiger partial charge in [-0.3, -0.25) is 4.79 Å². The zero-order valence-corrected chi connectivity index (χ0v) is 11.8. The Kier molecular flexibility index (Phi) is 5.23. The predicted octanol–water partition coefficient (Wildman–Crippen LogP) is 2.37. The summed E-state index contributed by atoms with van der Waals surface area (Å²) in [5.41, 5.74) is 6.85. The molecule has 1 aliphatic rings. The lowest BCUT2D eigenvalue weighted by Gasteiger charge is -2.17. The molecule has 1 saturated carbocycles. The smallest absolute Gasteiger partial charge is 0.223 e. The summed E-state index contributed by atoms with van der Waals surface area (Å²) in [5, 5.41) is 3.76. The molecule has 1 aromatic rings. The molecular weight excluding hydrogens is 260 g/mol. The molecule has 2 atom stereocenters. The molecule has 2 rings (SSSR count). The van der Waals surface area contributed by atoms with Crippen LogP contribution in [0.15, 0.2) is 24.3 Å². The third-order valence-electron chi connectivity index (χ3n) is 3.90. The van der Waals surface area contributed by atoms with E-state index in [4.69, 9.17) is 17.3 Å². The van der Waals surface area contributed by atoms with E-state index in [0.717, 1.165) is 36.3 Å². The Balaban J connectivity index is 1.78. The Bertz CT molecular complexity index is 436. The molecule has 0 spiro atoms. The maximum atomic E-state index is 12.1. The van der Waals surface area contributed by atoms with E-state index in [1.165, 1.54) is 0 Å². The van der Waals surface area contributed by atoms with Crippen molar-refractivity contribution in [2.24, 2.45) is 17.6 Å². The monoisotopic (exact) mass is 280 g/mol. The van der Waals surface area contributed by atoms with Gasteiger partial charge in [0.05, 0.1) is 0 Å². The quantitative estimate of drug-likeness (QED) is 0.870. The standard InChI is InChI=1S/C15H21ClN2O/c16-13-5-1-3-11(9-13)7-8-18-15(19)14-6-2-4-12(14)10-17/h1,3,5,9,12,14H,2,4,6-8,10,17H2,(H,18,19). The first-order chi connectivity index (χ1) is 9.20. The van der Waals surface area contributed by atoms with Gasteiger partial charge in [0.25, 0.3) is 0 Å². The lowest BCUT2D eigenvalue weighted by atomic mass is 9.95. The highest BCUT2D eigenvalue weighted by Crippen LogP contribution is 2.30. The molecular formula is C15H21ClN2O. The molecule has 0 saturated heterocycles. The van der Waals surface area contributed by atoms with Crippen LogP contribution in [0.1, 0.15) is 24.8 Å². The number of benzene rings is 1. The van der Waals surface area contributed by atoms with Crippen molar-refractivity contribution in [2.75, 3.05) is 13.1 Å². The van der Waals surface area contributed by atoms with E-state index in [1.54, 1.807) is 0 Å². The Morgan fingerprint density at radius 3 is 3.00 bits per heavy atom.